The molecule has 1 amide bonds. The predicted octanol–water partition coefficient (Wildman–Crippen LogP) is 2.10. The number of rotatable bonds is 2. The lowest BCUT2D eigenvalue weighted by Crippen LogP contribution is -2.50. The van der Waals surface area contributed by atoms with Gasteiger partial charge in [0.25, 0.3) is 0 Å². The van der Waals surface area contributed by atoms with Crippen LogP contribution in [0.3, 0.4) is 0 Å². The molecule has 0 spiro atoms. The Balaban J connectivity index is 1.75. The van der Waals surface area contributed by atoms with E-state index < -0.39 is 5.60 Å². The van der Waals surface area contributed by atoms with Crippen LogP contribution in [0.1, 0.15) is 26.3 Å². The van der Waals surface area contributed by atoms with Crippen molar-refractivity contribution in [2.24, 2.45) is 0 Å². The van der Waals surface area contributed by atoms with Crippen molar-refractivity contribution >= 4 is 17.6 Å². The number of aromatic nitrogens is 3. The first-order valence-corrected chi connectivity index (χ1v) is 8.40. The maximum atomic E-state index is 12.2. The average molecular weight is 347 g/mol. The molecule has 0 saturated carbocycles. The topological polar surface area (TPSA) is 72.2 Å². The molecule has 0 aliphatic carbocycles. The second kappa shape index (κ2) is 6.42. The number of hydrogen-bond acceptors (Lipinski definition) is 6. The van der Waals surface area contributed by atoms with E-state index >= 15 is 0 Å². The van der Waals surface area contributed by atoms with Crippen LogP contribution in [-0.4, -0.2) is 64.5 Å². The van der Waals surface area contributed by atoms with Crippen molar-refractivity contribution in [2.75, 3.05) is 38.2 Å². The summed E-state index contributed by atoms with van der Waals surface area (Å²) in [6.07, 6.45) is 3.35. The van der Waals surface area contributed by atoms with Crippen molar-refractivity contribution in [2.45, 2.75) is 33.3 Å². The SMILES string of the molecule is COc1cn2ncc(C)c2nc1N1CCN(C(=O)OC(C)(C)C)CC1. The van der Waals surface area contributed by atoms with Gasteiger partial charge >= 0.3 is 6.09 Å². The Labute approximate surface area is 147 Å². The lowest BCUT2D eigenvalue weighted by Gasteiger charge is -2.36. The van der Waals surface area contributed by atoms with E-state index in [9.17, 15) is 4.79 Å². The Morgan fingerprint density at radius 2 is 1.88 bits per heavy atom. The smallest absolute Gasteiger partial charge is 0.410 e. The molecule has 3 heterocycles. The number of ether oxygens (including phenoxy) is 2. The van der Waals surface area contributed by atoms with Crippen LogP contribution in [0.4, 0.5) is 10.6 Å². The lowest BCUT2D eigenvalue weighted by molar-refractivity contribution is 0.0240. The molecule has 1 fully saturated rings. The first kappa shape index (κ1) is 17.3. The van der Waals surface area contributed by atoms with Crippen LogP contribution in [0.2, 0.25) is 0 Å². The van der Waals surface area contributed by atoms with Crippen LogP contribution in [0.15, 0.2) is 12.4 Å². The fourth-order valence-electron chi connectivity index (χ4n) is 2.80. The number of amides is 1. The largest absolute Gasteiger partial charge is 0.491 e. The monoisotopic (exact) mass is 347 g/mol. The van der Waals surface area contributed by atoms with Crippen LogP contribution < -0.4 is 9.64 Å². The zero-order valence-corrected chi connectivity index (χ0v) is 15.4. The summed E-state index contributed by atoms with van der Waals surface area (Å²) in [4.78, 5) is 20.8. The average Bonchev–Trinajstić information content (AvgIpc) is 2.92. The molecule has 0 unspecified atom stereocenters. The minimum absolute atomic E-state index is 0.269. The molecule has 1 aliphatic heterocycles. The van der Waals surface area contributed by atoms with Crippen LogP contribution >= 0.6 is 0 Å². The molecule has 25 heavy (non-hydrogen) atoms. The Hall–Kier alpha value is -2.51. The van der Waals surface area contributed by atoms with Crippen LogP contribution in [-0.2, 0) is 4.74 Å². The van der Waals surface area contributed by atoms with E-state index in [2.05, 4.69) is 10.00 Å². The Morgan fingerprint density at radius 3 is 2.48 bits per heavy atom. The molecule has 8 nitrogen and oxygen atoms in total. The van der Waals surface area contributed by atoms with Gasteiger partial charge in [-0.05, 0) is 27.7 Å². The Kier molecular flexibility index (Phi) is 4.45. The third-order valence-corrected chi connectivity index (χ3v) is 4.07. The van der Waals surface area contributed by atoms with E-state index in [0.29, 0.717) is 31.9 Å². The lowest BCUT2D eigenvalue weighted by atomic mass is 10.2. The zero-order chi connectivity index (χ0) is 18.2. The molecule has 0 aromatic carbocycles. The molecule has 0 radical (unpaired) electrons. The van der Waals surface area contributed by atoms with E-state index in [-0.39, 0.29) is 6.09 Å². The number of nitrogens with zero attached hydrogens (tertiary/aromatic N) is 5. The van der Waals surface area contributed by atoms with Gasteiger partial charge in [0.15, 0.2) is 17.2 Å². The van der Waals surface area contributed by atoms with Gasteiger partial charge < -0.3 is 19.3 Å². The Morgan fingerprint density at radius 1 is 1.20 bits per heavy atom. The van der Waals surface area contributed by atoms with Crippen LogP contribution in [0.5, 0.6) is 5.75 Å². The summed E-state index contributed by atoms with van der Waals surface area (Å²) < 4.78 is 12.6. The van der Waals surface area contributed by atoms with Crippen LogP contribution in [0, 0.1) is 6.92 Å². The highest BCUT2D eigenvalue weighted by Gasteiger charge is 2.27. The van der Waals surface area contributed by atoms with Crippen molar-refractivity contribution in [3.05, 3.63) is 18.0 Å². The zero-order valence-electron chi connectivity index (χ0n) is 15.4. The normalized spacial score (nSPS) is 15.6. The number of fused-ring (bicyclic) bond motifs is 1. The number of anilines is 1. The van der Waals surface area contributed by atoms with E-state index in [4.69, 9.17) is 14.5 Å². The van der Waals surface area contributed by atoms with Crippen molar-refractivity contribution in [3.8, 4) is 5.75 Å². The second-order valence-electron chi connectivity index (χ2n) is 7.18. The van der Waals surface area contributed by atoms with Crippen molar-refractivity contribution in [1.29, 1.82) is 0 Å². The third-order valence-electron chi connectivity index (χ3n) is 4.07. The predicted molar refractivity (Wildman–Crippen MR) is 94.3 cm³/mol. The Bertz CT molecular complexity index is 772. The van der Waals surface area contributed by atoms with Gasteiger partial charge in [-0.3, -0.25) is 0 Å². The van der Waals surface area contributed by atoms with Gasteiger partial charge in [0.1, 0.15) is 5.60 Å². The van der Waals surface area contributed by atoms with Crippen molar-refractivity contribution in [3.63, 3.8) is 0 Å². The van der Waals surface area contributed by atoms with Gasteiger partial charge in [0.05, 0.1) is 19.5 Å². The van der Waals surface area contributed by atoms with Gasteiger partial charge in [-0.1, -0.05) is 0 Å². The molecule has 136 valence electrons. The van der Waals surface area contributed by atoms with E-state index in [0.717, 1.165) is 17.0 Å². The fourth-order valence-corrected chi connectivity index (χ4v) is 2.80. The summed E-state index contributed by atoms with van der Waals surface area (Å²) in [7, 11) is 1.62. The molecule has 0 atom stereocenters. The number of carbonyl (C=O) groups excluding carboxylic acids is 1. The molecule has 1 saturated heterocycles. The number of aryl methyl sites for hydroxylation is 1. The molecule has 3 rings (SSSR count). The summed E-state index contributed by atoms with van der Waals surface area (Å²) in [6, 6.07) is 0. The van der Waals surface area contributed by atoms with Gasteiger partial charge in [0, 0.05) is 31.7 Å². The summed E-state index contributed by atoms with van der Waals surface area (Å²) in [5.74, 6) is 1.45. The quantitative estimate of drug-likeness (QED) is 0.828. The highest BCUT2D eigenvalue weighted by molar-refractivity contribution is 5.69. The maximum absolute atomic E-state index is 12.2. The first-order valence-electron chi connectivity index (χ1n) is 8.40. The first-order chi connectivity index (χ1) is 11.8. The molecule has 0 bridgehead atoms. The molecular formula is C17H25N5O3. The fraction of sp³-hybridized carbons (Fsp3) is 0.588. The van der Waals surface area contributed by atoms with Gasteiger partial charge in [-0.15, -0.1) is 0 Å². The van der Waals surface area contributed by atoms with E-state index in [1.807, 2.05) is 33.9 Å². The van der Waals surface area contributed by atoms with E-state index in [1.165, 1.54) is 0 Å². The van der Waals surface area contributed by atoms with Crippen molar-refractivity contribution < 1.29 is 14.3 Å². The summed E-state index contributed by atoms with van der Waals surface area (Å²) in [5.41, 5.74) is 1.34. The number of piperazine rings is 1. The number of carbonyl (C=O) groups is 1. The molecule has 1 aliphatic rings. The maximum Gasteiger partial charge on any atom is 0.410 e. The molecule has 2 aromatic heterocycles. The van der Waals surface area contributed by atoms with Gasteiger partial charge in [-0.25, -0.2) is 14.3 Å². The molecule has 0 N–H and O–H groups in total. The third kappa shape index (κ3) is 3.62. The highest BCUT2D eigenvalue weighted by atomic mass is 16.6. The molecule has 2 aromatic rings. The van der Waals surface area contributed by atoms with Crippen LogP contribution in [0.25, 0.3) is 5.65 Å². The number of methoxy groups -OCH3 is 1. The summed E-state index contributed by atoms with van der Waals surface area (Å²) in [6.45, 7) is 10.1. The van der Waals surface area contributed by atoms with Crippen molar-refractivity contribution in [1.82, 2.24) is 19.5 Å². The van der Waals surface area contributed by atoms with Gasteiger partial charge in [0.2, 0.25) is 0 Å². The standard InChI is InChI=1S/C17H25N5O3/c1-12-10-18-22-11-13(24-5)15(19-14(12)22)20-6-8-21(9-7-20)16(23)25-17(2,3)4/h10-11H,6-9H2,1-5H3. The van der Waals surface area contributed by atoms with Gasteiger partial charge in [-0.2, -0.15) is 5.10 Å². The number of hydrogen-bond donors (Lipinski definition) is 0. The minimum atomic E-state index is -0.483. The molecular weight excluding hydrogens is 322 g/mol. The summed E-state index contributed by atoms with van der Waals surface area (Å²) >= 11 is 0. The highest BCUT2D eigenvalue weighted by Crippen LogP contribution is 2.28. The molecule has 8 heteroatoms. The second-order valence-corrected chi connectivity index (χ2v) is 7.18. The van der Waals surface area contributed by atoms with E-state index in [1.54, 1.807) is 22.7 Å². The minimum Gasteiger partial charge on any atom is -0.491 e. The summed E-state index contributed by atoms with van der Waals surface area (Å²) in [5, 5.41) is 4.27.